The average molecular weight is 564 g/mol. The lowest BCUT2D eigenvalue weighted by atomic mass is 10.1. The van der Waals surface area contributed by atoms with E-state index in [2.05, 4.69) is 5.32 Å². The second kappa shape index (κ2) is 12.7. The molecule has 7 nitrogen and oxygen atoms in total. The van der Waals surface area contributed by atoms with Gasteiger partial charge in [0.2, 0.25) is 11.8 Å². The van der Waals surface area contributed by atoms with E-state index in [1.165, 1.54) is 9.21 Å². The molecule has 0 aliphatic carbocycles. The van der Waals surface area contributed by atoms with Crippen molar-refractivity contribution >= 4 is 27.5 Å². The van der Waals surface area contributed by atoms with Gasteiger partial charge in [0.1, 0.15) is 12.6 Å². The Balaban J connectivity index is 2.07. The number of aryl methyl sites for hydroxylation is 3. The van der Waals surface area contributed by atoms with Crippen LogP contribution < -0.4 is 9.62 Å². The zero-order valence-electron chi connectivity index (χ0n) is 24.6. The Morgan fingerprint density at radius 3 is 1.98 bits per heavy atom. The minimum atomic E-state index is -4.10. The normalized spacial score (nSPS) is 12.5. The fraction of sp³-hybridized carbons (Fsp3) is 0.375. The zero-order valence-corrected chi connectivity index (χ0v) is 25.4. The molecule has 0 aliphatic rings. The van der Waals surface area contributed by atoms with Crippen LogP contribution in [-0.2, 0) is 32.6 Å². The quantitative estimate of drug-likeness (QED) is 0.358. The van der Waals surface area contributed by atoms with Gasteiger partial charge < -0.3 is 10.2 Å². The number of carbonyl (C=O) groups is 2. The zero-order chi connectivity index (χ0) is 29.7. The molecule has 3 aromatic carbocycles. The van der Waals surface area contributed by atoms with Gasteiger partial charge in [-0.15, -0.1) is 0 Å². The Hall–Kier alpha value is -3.65. The number of nitrogens with zero attached hydrogens (tertiary/aromatic N) is 2. The van der Waals surface area contributed by atoms with Crippen molar-refractivity contribution in [3.63, 3.8) is 0 Å². The highest BCUT2D eigenvalue weighted by Crippen LogP contribution is 2.28. The minimum Gasteiger partial charge on any atom is -0.350 e. The number of benzene rings is 3. The van der Waals surface area contributed by atoms with E-state index in [4.69, 9.17) is 0 Å². The second-order valence-electron chi connectivity index (χ2n) is 11.2. The second-order valence-corrected chi connectivity index (χ2v) is 13.1. The molecule has 8 heteroatoms. The summed E-state index contributed by atoms with van der Waals surface area (Å²) in [6.07, 6.45) is 0.585. The van der Waals surface area contributed by atoms with E-state index in [-0.39, 0.29) is 17.3 Å². The molecule has 1 atom stereocenters. The van der Waals surface area contributed by atoms with Gasteiger partial charge in [-0.1, -0.05) is 72.6 Å². The van der Waals surface area contributed by atoms with Gasteiger partial charge in [-0.3, -0.25) is 13.9 Å². The summed E-state index contributed by atoms with van der Waals surface area (Å²) in [4.78, 5) is 28.9. The molecular weight excluding hydrogens is 522 g/mol. The number of rotatable bonds is 10. The molecule has 0 bridgehead atoms. The number of sulfonamides is 1. The average Bonchev–Trinajstić information content (AvgIpc) is 2.90. The van der Waals surface area contributed by atoms with Crippen LogP contribution in [0.1, 0.15) is 56.9 Å². The maximum absolute atomic E-state index is 14.1. The third kappa shape index (κ3) is 7.72. The number of hydrogen-bond donors (Lipinski definition) is 1. The highest BCUT2D eigenvalue weighted by molar-refractivity contribution is 7.92. The number of para-hydroxylation sites is 1. The third-order valence-corrected chi connectivity index (χ3v) is 8.44. The summed E-state index contributed by atoms with van der Waals surface area (Å²) in [5.41, 5.74) is 3.60. The molecule has 214 valence electrons. The maximum atomic E-state index is 14.1. The number of hydrogen-bond acceptors (Lipinski definition) is 4. The third-order valence-electron chi connectivity index (χ3n) is 6.67. The number of anilines is 1. The van der Waals surface area contributed by atoms with Crippen molar-refractivity contribution in [1.82, 2.24) is 10.2 Å². The van der Waals surface area contributed by atoms with Gasteiger partial charge in [0.25, 0.3) is 10.0 Å². The summed E-state index contributed by atoms with van der Waals surface area (Å²) in [7, 11) is -4.10. The molecule has 2 amide bonds. The molecule has 0 heterocycles. The van der Waals surface area contributed by atoms with Gasteiger partial charge in [0.05, 0.1) is 10.6 Å². The van der Waals surface area contributed by atoms with Crippen LogP contribution in [0.25, 0.3) is 0 Å². The molecular formula is C32H41N3O4S. The highest BCUT2D eigenvalue weighted by atomic mass is 32.2. The monoisotopic (exact) mass is 563 g/mol. The first kappa shape index (κ1) is 30.9. The van der Waals surface area contributed by atoms with Crippen LogP contribution in [-0.4, -0.2) is 43.3 Å². The molecule has 0 saturated carbocycles. The molecule has 40 heavy (non-hydrogen) atoms. The van der Waals surface area contributed by atoms with Gasteiger partial charge in [-0.25, -0.2) is 8.42 Å². The van der Waals surface area contributed by atoms with Gasteiger partial charge >= 0.3 is 0 Å². The van der Waals surface area contributed by atoms with Crippen LogP contribution in [0.15, 0.2) is 77.7 Å². The number of carbonyl (C=O) groups excluding carboxylic acids is 2. The Morgan fingerprint density at radius 1 is 0.875 bits per heavy atom. The summed E-state index contributed by atoms with van der Waals surface area (Å²) in [6, 6.07) is 20.7. The first-order valence-corrected chi connectivity index (χ1v) is 15.0. The van der Waals surface area contributed by atoms with Crippen molar-refractivity contribution in [1.29, 1.82) is 0 Å². The lowest BCUT2D eigenvalue weighted by molar-refractivity contribution is -0.140. The predicted molar refractivity (Wildman–Crippen MR) is 161 cm³/mol. The molecule has 1 N–H and O–H groups in total. The lowest BCUT2D eigenvalue weighted by Gasteiger charge is -2.34. The Morgan fingerprint density at radius 2 is 1.43 bits per heavy atom. The van der Waals surface area contributed by atoms with Crippen LogP contribution in [0.4, 0.5) is 5.69 Å². The highest BCUT2D eigenvalue weighted by Gasteiger charge is 2.34. The maximum Gasteiger partial charge on any atom is 0.264 e. The van der Waals surface area contributed by atoms with E-state index in [0.29, 0.717) is 12.1 Å². The Bertz CT molecular complexity index is 1430. The summed E-state index contributed by atoms with van der Waals surface area (Å²) in [5.74, 6) is -0.784. The molecule has 3 rings (SSSR count). The van der Waals surface area contributed by atoms with Gasteiger partial charge in [-0.05, 0) is 77.3 Å². The Kier molecular flexibility index (Phi) is 9.79. The summed E-state index contributed by atoms with van der Waals surface area (Å²) in [5, 5.41) is 2.95. The van der Waals surface area contributed by atoms with Crippen molar-refractivity contribution in [3.05, 3.63) is 95.1 Å². The molecule has 0 aliphatic heterocycles. The van der Waals surface area contributed by atoms with E-state index in [1.54, 1.807) is 43.3 Å². The van der Waals surface area contributed by atoms with E-state index >= 15 is 0 Å². The van der Waals surface area contributed by atoms with E-state index in [0.717, 1.165) is 22.3 Å². The van der Waals surface area contributed by atoms with Crippen LogP contribution in [0.5, 0.6) is 0 Å². The number of amides is 2. The van der Waals surface area contributed by atoms with Gasteiger partial charge in [0, 0.05) is 12.1 Å². The van der Waals surface area contributed by atoms with Crippen molar-refractivity contribution in [2.75, 3.05) is 10.8 Å². The first-order valence-electron chi connectivity index (χ1n) is 13.6. The molecule has 0 unspecified atom stereocenters. The largest absolute Gasteiger partial charge is 0.350 e. The van der Waals surface area contributed by atoms with Crippen molar-refractivity contribution in [2.45, 2.75) is 77.9 Å². The van der Waals surface area contributed by atoms with Crippen molar-refractivity contribution in [3.8, 4) is 0 Å². The fourth-order valence-electron chi connectivity index (χ4n) is 4.35. The van der Waals surface area contributed by atoms with Gasteiger partial charge in [-0.2, -0.15) is 0 Å². The Labute approximate surface area is 239 Å². The molecule has 0 spiro atoms. The topological polar surface area (TPSA) is 86.8 Å². The first-order chi connectivity index (χ1) is 18.7. The van der Waals surface area contributed by atoms with Crippen molar-refractivity contribution in [2.24, 2.45) is 0 Å². The van der Waals surface area contributed by atoms with Crippen LogP contribution in [0.3, 0.4) is 0 Å². The van der Waals surface area contributed by atoms with E-state index in [9.17, 15) is 18.0 Å². The number of nitrogens with one attached hydrogen (secondary N) is 1. The van der Waals surface area contributed by atoms with Crippen LogP contribution >= 0.6 is 0 Å². The van der Waals surface area contributed by atoms with Gasteiger partial charge in [0.15, 0.2) is 0 Å². The predicted octanol–water partition coefficient (Wildman–Crippen LogP) is 5.39. The standard InChI is InChI=1S/C32H41N3O4S/c1-8-27-11-9-10-12-29(27)35(40(38,39)28-19-15-24(3)16-20-28)22-30(36)34(21-26-17-13-23(2)14-18-26)25(4)31(37)33-32(5,6)7/h9-20,25H,8,21-22H2,1-7H3,(H,33,37)/t25-/m1/s1. The lowest BCUT2D eigenvalue weighted by Crippen LogP contribution is -2.54. The molecule has 0 fully saturated rings. The van der Waals surface area contributed by atoms with Crippen LogP contribution in [0, 0.1) is 13.8 Å². The van der Waals surface area contributed by atoms with Crippen LogP contribution in [0.2, 0.25) is 0 Å². The van der Waals surface area contributed by atoms with Crippen molar-refractivity contribution < 1.29 is 18.0 Å². The van der Waals surface area contributed by atoms with E-state index in [1.807, 2.05) is 77.9 Å². The minimum absolute atomic E-state index is 0.0976. The molecule has 0 radical (unpaired) electrons. The SMILES string of the molecule is CCc1ccccc1N(CC(=O)N(Cc1ccc(C)cc1)[C@H](C)C(=O)NC(C)(C)C)S(=O)(=O)c1ccc(C)cc1. The van der Waals surface area contributed by atoms with E-state index < -0.39 is 34.1 Å². The fourth-order valence-corrected chi connectivity index (χ4v) is 5.80. The smallest absolute Gasteiger partial charge is 0.264 e. The summed E-state index contributed by atoms with van der Waals surface area (Å²) < 4.78 is 29.2. The molecule has 0 aromatic heterocycles. The summed E-state index contributed by atoms with van der Waals surface area (Å²) >= 11 is 0. The molecule has 0 saturated heterocycles. The molecule has 3 aromatic rings. The summed E-state index contributed by atoms with van der Waals surface area (Å²) in [6.45, 7) is 12.8.